The molecule has 6 nitrogen and oxygen atoms in total. The molecule has 1 amide bonds. The number of amides is 1. The molecule has 0 aliphatic rings. The summed E-state index contributed by atoms with van der Waals surface area (Å²) in [5, 5.41) is 12.1. The van der Waals surface area contributed by atoms with Gasteiger partial charge in [-0.05, 0) is 18.2 Å². The van der Waals surface area contributed by atoms with E-state index in [1.54, 1.807) is 29.8 Å². The van der Waals surface area contributed by atoms with Gasteiger partial charge in [-0.2, -0.15) is 5.26 Å². The number of nitrogens with zero attached hydrogens (tertiary/aromatic N) is 4. The summed E-state index contributed by atoms with van der Waals surface area (Å²) in [6.07, 6.45) is 1.28. The van der Waals surface area contributed by atoms with Crippen LogP contribution in [-0.4, -0.2) is 20.4 Å². The van der Waals surface area contributed by atoms with Crippen molar-refractivity contribution < 1.29 is 4.79 Å². The van der Waals surface area contributed by atoms with Crippen LogP contribution in [0.25, 0.3) is 11.0 Å². The zero-order valence-corrected chi connectivity index (χ0v) is 13.4. The van der Waals surface area contributed by atoms with Crippen LogP contribution in [0.3, 0.4) is 0 Å². The van der Waals surface area contributed by atoms with E-state index in [-0.39, 0.29) is 16.3 Å². The molecule has 0 saturated heterocycles. The summed E-state index contributed by atoms with van der Waals surface area (Å²) >= 11 is 12.1. The van der Waals surface area contributed by atoms with Crippen molar-refractivity contribution in [3.63, 3.8) is 0 Å². The summed E-state index contributed by atoms with van der Waals surface area (Å²) in [4.78, 5) is 20.6. The van der Waals surface area contributed by atoms with Gasteiger partial charge in [0.25, 0.3) is 5.91 Å². The minimum atomic E-state index is -0.519. The third-order valence-corrected chi connectivity index (χ3v) is 3.85. The fourth-order valence-electron chi connectivity index (χ4n) is 2.16. The molecule has 23 heavy (non-hydrogen) atoms. The van der Waals surface area contributed by atoms with Crippen LogP contribution in [0.15, 0.2) is 30.5 Å². The number of fused-ring (bicyclic) bond motifs is 1. The van der Waals surface area contributed by atoms with Gasteiger partial charge in [-0.15, -0.1) is 0 Å². The second kappa shape index (κ2) is 5.88. The van der Waals surface area contributed by atoms with Crippen LogP contribution in [0.4, 0.5) is 5.95 Å². The van der Waals surface area contributed by atoms with Crippen LogP contribution >= 0.6 is 23.2 Å². The molecule has 3 rings (SSSR count). The fraction of sp³-hybridized carbons (Fsp3) is 0.0667. The van der Waals surface area contributed by atoms with E-state index in [4.69, 9.17) is 28.5 Å². The minimum Gasteiger partial charge on any atom is -0.312 e. The largest absolute Gasteiger partial charge is 0.312 e. The number of hydrogen-bond acceptors (Lipinski definition) is 4. The SMILES string of the molecule is Cn1c(NC(=O)c2ncc(C#N)cc2Cl)nc2cccc(Cl)c21. The van der Waals surface area contributed by atoms with Crippen LogP contribution in [0.5, 0.6) is 0 Å². The van der Waals surface area contributed by atoms with E-state index < -0.39 is 5.91 Å². The quantitative estimate of drug-likeness (QED) is 0.771. The lowest BCUT2D eigenvalue weighted by atomic mass is 10.2. The predicted octanol–water partition coefficient (Wildman–Crippen LogP) is 3.40. The Kier molecular flexibility index (Phi) is 3.90. The van der Waals surface area contributed by atoms with Gasteiger partial charge in [0.1, 0.15) is 11.8 Å². The third-order valence-electron chi connectivity index (χ3n) is 3.26. The Bertz CT molecular complexity index is 974. The molecule has 2 aromatic heterocycles. The average molecular weight is 346 g/mol. The molecule has 1 N–H and O–H groups in total. The molecule has 0 aliphatic carbocycles. The van der Waals surface area contributed by atoms with Gasteiger partial charge >= 0.3 is 0 Å². The number of pyridine rings is 1. The molecule has 0 radical (unpaired) electrons. The van der Waals surface area contributed by atoms with E-state index in [1.165, 1.54) is 12.3 Å². The van der Waals surface area contributed by atoms with E-state index in [9.17, 15) is 4.79 Å². The Morgan fingerprint density at radius 2 is 2.13 bits per heavy atom. The highest BCUT2D eigenvalue weighted by Gasteiger charge is 2.17. The second-order valence-corrected chi connectivity index (χ2v) is 5.54. The Labute approximate surface area is 141 Å². The number of rotatable bonds is 2. The van der Waals surface area contributed by atoms with Crippen LogP contribution < -0.4 is 5.32 Å². The first-order chi connectivity index (χ1) is 11.0. The van der Waals surface area contributed by atoms with Crippen LogP contribution in [-0.2, 0) is 7.05 Å². The Balaban J connectivity index is 1.96. The topological polar surface area (TPSA) is 83.6 Å². The number of carbonyl (C=O) groups excluding carboxylic acids is 1. The van der Waals surface area contributed by atoms with Gasteiger partial charge in [0.05, 0.1) is 26.6 Å². The normalized spacial score (nSPS) is 10.5. The molecule has 0 bridgehead atoms. The van der Waals surface area contributed by atoms with Crippen molar-refractivity contribution in [2.75, 3.05) is 5.32 Å². The van der Waals surface area contributed by atoms with Crippen LogP contribution in [0, 0.1) is 11.3 Å². The van der Waals surface area contributed by atoms with Crippen LogP contribution in [0.2, 0.25) is 10.0 Å². The van der Waals surface area contributed by atoms with Crippen molar-refractivity contribution in [2.45, 2.75) is 0 Å². The van der Waals surface area contributed by atoms with E-state index in [2.05, 4.69) is 15.3 Å². The van der Waals surface area contributed by atoms with E-state index in [0.29, 0.717) is 22.0 Å². The average Bonchev–Trinajstić information content (AvgIpc) is 2.84. The van der Waals surface area contributed by atoms with Gasteiger partial charge in [-0.3, -0.25) is 10.1 Å². The Morgan fingerprint density at radius 1 is 1.35 bits per heavy atom. The molecule has 0 spiro atoms. The van der Waals surface area contributed by atoms with Crippen molar-refractivity contribution >= 4 is 46.1 Å². The lowest BCUT2D eigenvalue weighted by Crippen LogP contribution is -2.17. The number of para-hydroxylation sites is 1. The van der Waals surface area contributed by atoms with E-state index in [1.807, 2.05) is 6.07 Å². The number of carbonyl (C=O) groups is 1. The number of halogens is 2. The van der Waals surface area contributed by atoms with Gasteiger partial charge in [-0.1, -0.05) is 29.3 Å². The van der Waals surface area contributed by atoms with Crippen molar-refractivity contribution in [1.29, 1.82) is 5.26 Å². The van der Waals surface area contributed by atoms with Gasteiger partial charge < -0.3 is 4.57 Å². The third kappa shape index (κ3) is 2.72. The number of nitrogens with one attached hydrogen (secondary N) is 1. The molecule has 2 heterocycles. The number of anilines is 1. The molecule has 0 fully saturated rings. The number of benzene rings is 1. The Hall–Kier alpha value is -2.62. The highest BCUT2D eigenvalue weighted by molar-refractivity contribution is 6.35. The number of aromatic nitrogens is 3. The molecule has 114 valence electrons. The minimum absolute atomic E-state index is 0.0174. The van der Waals surface area contributed by atoms with Crippen molar-refractivity contribution in [2.24, 2.45) is 7.05 Å². The standard InChI is InChI=1S/C15H9Cl2N5O/c1-22-13-9(16)3-2-4-11(13)20-15(22)21-14(23)12-10(17)5-8(6-18)7-19-12/h2-5,7H,1H3,(H,20,21,23). The summed E-state index contributed by atoms with van der Waals surface area (Å²) in [5.74, 6) is -0.200. The lowest BCUT2D eigenvalue weighted by molar-refractivity contribution is 0.102. The van der Waals surface area contributed by atoms with Crippen molar-refractivity contribution in [3.8, 4) is 6.07 Å². The van der Waals surface area contributed by atoms with Crippen molar-refractivity contribution in [3.05, 3.63) is 51.8 Å². The van der Waals surface area contributed by atoms with Gasteiger partial charge in [0.2, 0.25) is 5.95 Å². The maximum absolute atomic E-state index is 12.3. The zero-order chi connectivity index (χ0) is 16.6. The number of imidazole rings is 1. The molecular weight excluding hydrogens is 337 g/mol. The summed E-state index contributed by atoms with van der Waals surface area (Å²) in [5.41, 5.74) is 1.67. The predicted molar refractivity (Wildman–Crippen MR) is 87.6 cm³/mol. The summed E-state index contributed by atoms with van der Waals surface area (Å²) in [6.45, 7) is 0. The maximum Gasteiger partial charge on any atom is 0.278 e. The molecule has 0 aliphatic heterocycles. The van der Waals surface area contributed by atoms with Gasteiger partial charge in [0.15, 0.2) is 0 Å². The number of hydrogen-bond donors (Lipinski definition) is 1. The lowest BCUT2D eigenvalue weighted by Gasteiger charge is -2.06. The van der Waals surface area contributed by atoms with E-state index >= 15 is 0 Å². The molecular formula is C15H9Cl2N5O. The van der Waals surface area contributed by atoms with Crippen LogP contribution in [0.1, 0.15) is 16.1 Å². The summed E-state index contributed by atoms with van der Waals surface area (Å²) in [7, 11) is 1.74. The first-order valence-corrected chi connectivity index (χ1v) is 7.25. The maximum atomic E-state index is 12.3. The first kappa shape index (κ1) is 15.3. The molecule has 3 aromatic rings. The smallest absolute Gasteiger partial charge is 0.278 e. The highest BCUT2D eigenvalue weighted by atomic mass is 35.5. The second-order valence-electron chi connectivity index (χ2n) is 4.72. The monoisotopic (exact) mass is 345 g/mol. The van der Waals surface area contributed by atoms with Gasteiger partial charge in [0, 0.05) is 13.2 Å². The molecule has 0 atom stereocenters. The van der Waals surface area contributed by atoms with Crippen molar-refractivity contribution in [1.82, 2.24) is 14.5 Å². The number of aryl methyl sites for hydroxylation is 1. The first-order valence-electron chi connectivity index (χ1n) is 6.49. The molecule has 1 aromatic carbocycles. The molecule has 8 heteroatoms. The molecule has 0 saturated carbocycles. The van der Waals surface area contributed by atoms with Gasteiger partial charge in [-0.25, -0.2) is 9.97 Å². The van der Waals surface area contributed by atoms with E-state index in [0.717, 1.165) is 0 Å². The zero-order valence-electron chi connectivity index (χ0n) is 11.8. The number of nitriles is 1. The highest BCUT2D eigenvalue weighted by Crippen LogP contribution is 2.26. The summed E-state index contributed by atoms with van der Waals surface area (Å²) in [6, 6.07) is 8.61. The summed E-state index contributed by atoms with van der Waals surface area (Å²) < 4.78 is 1.67. The molecule has 0 unspecified atom stereocenters. The fourth-order valence-corrected chi connectivity index (χ4v) is 2.71. The Morgan fingerprint density at radius 3 is 2.78 bits per heavy atom.